The van der Waals surface area contributed by atoms with Gasteiger partial charge < -0.3 is 33.5 Å². The van der Waals surface area contributed by atoms with Crippen molar-refractivity contribution in [1.82, 2.24) is 4.90 Å². The third-order valence-electron chi connectivity index (χ3n) is 8.67. The Morgan fingerprint density at radius 1 is 1.20 bits per heavy atom. The van der Waals surface area contributed by atoms with Gasteiger partial charge in [0, 0.05) is 37.1 Å². The molecular weight excluding hydrogens is 454 g/mol. The molecule has 190 valence electrons. The fourth-order valence-electron chi connectivity index (χ4n) is 7.82. The zero-order valence-corrected chi connectivity index (χ0v) is 20.5. The van der Waals surface area contributed by atoms with Gasteiger partial charge in [-0.15, -0.1) is 0 Å². The summed E-state index contributed by atoms with van der Waals surface area (Å²) in [5, 5.41) is 12.4. The van der Waals surface area contributed by atoms with Crippen LogP contribution in [0.2, 0.25) is 0 Å². The van der Waals surface area contributed by atoms with E-state index in [1.54, 1.807) is 14.2 Å². The minimum Gasteiger partial charge on any atom is -0.493 e. The summed E-state index contributed by atoms with van der Waals surface area (Å²) < 4.78 is 33.7. The fraction of sp³-hybridized carbons (Fsp3) is 0.654. The SMILES string of the molecule is COCCOCCOCC(=O)OC1=CC[C@@]2(O)[C@@H]3N(C)CC34Cc3ccc(OC)c5c3[C@@]2(C4)[C@H]1O5. The largest absolute Gasteiger partial charge is 0.493 e. The van der Waals surface area contributed by atoms with Crippen molar-refractivity contribution in [1.29, 1.82) is 0 Å². The zero-order valence-electron chi connectivity index (χ0n) is 20.5. The van der Waals surface area contributed by atoms with Gasteiger partial charge in [-0.2, -0.15) is 0 Å². The normalized spacial score (nSPS) is 35.5. The molecule has 2 fully saturated rings. The van der Waals surface area contributed by atoms with E-state index in [1.807, 2.05) is 12.1 Å². The van der Waals surface area contributed by atoms with Crippen LogP contribution in [0, 0.1) is 5.41 Å². The number of esters is 1. The van der Waals surface area contributed by atoms with Crippen LogP contribution in [0.4, 0.5) is 0 Å². The lowest BCUT2D eigenvalue weighted by molar-refractivity contribution is -0.155. The van der Waals surface area contributed by atoms with Gasteiger partial charge in [0.15, 0.2) is 17.6 Å². The van der Waals surface area contributed by atoms with Crippen LogP contribution in [0.1, 0.15) is 24.0 Å². The first kappa shape index (κ1) is 23.2. The minimum absolute atomic E-state index is 0.00641. The second kappa shape index (κ2) is 8.18. The van der Waals surface area contributed by atoms with Crippen molar-refractivity contribution >= 4 is 5.97 Å². The molecule has 1 aromatic rings. The summed E-state index contributed by atoms with van der Waals surface area (Å²) in [5.74, 6) is 1.26. The molecule has 0 aromatic heterocycles. The quantitative estimate of drug-likeness (QED) is 0.386. The standard InChI is InChI=1S/C26H33NO8/c1-27-15-24-12-16-4-5-17(31-3)21-20(16)25(14-24)22(35-21)18(6-7-26(25,29)23(24)27)34-19(28)13-33-11-10-32-9-8-30-2/h4-6,22-23,29H,7-15H2,1-3H3/t22-,23+,24?,25-,26+/m0/s1. The van der Waals surface area contributed by atoms with Crippen LogP contribution >= 0.6 is 0 Å². The molecule has 0 amide bonds. The third-order valence-corrected chi connectivity index (χ3v) is 8.67. The van der Waals surface area contributed by atoms with Crippen LogP contribution in [0.15, 0.2) is 24.0 Å². The second-order valence-electron chi connectivity index (χ2n) is 10.5. The number of benzene rings is 1. The molecule has 35 heavy (non-hydrogen) atoms. The average molecular weight is 488 g/mol. The summed E-state index contributed by atoms with van der Waals surface area (Å²) in [4.78, 5) is 14.9. The van der Waals surface area contributed by atoms with Gasteiger partial charge in [0.25, 0.3) is 0 Å². The number of rotatable bonds is 10. The van der Waals surface area contributed by atoms with Crippen molar-refractivity contribution in [2.45, 2.75) is 42.4 Å². The van der Waals surface area contributed by atoms with E-state index in [0.717, 1.165) is 24.9 Å². The smallest absolute Gasteiger partial charge is 0.337 e. The Hall–Kier alpha value is -2.17. The summed E-state index contributed by atoms with van der Waals surface area (Å²) in [5.41, 5.74) is 0.532. The lowest BCUT2D eigenvalue weighted by atomic mass is 9.59. The van der Waals surface area contributed by atoms with Gasteiger partial charge in [0.2, 0.25) is 0 Å². The molecule has 2 aliphatic heterocycles. The van der Waals surface area contributed by atoms with Gasteiger partial charge in [0.1, 0.15) is 12.4 Å². The molecule has 1 aromatic carbocycles. The van der Waals surface area contributed by atoms with Crippen molar-refractivity contribution in [2.24, 2.45) is 5.41 Å². The van der Waals surface area contributed by atoms with Crippen LogP contribution in [0.5, 0.6) is 11.5 Å². The van der Waals surface area contributed by atoms with E-state index in [2.05, 4.69) is 18.0 Å². The van der Waals surface area contributed by atoms with Crippen LogP contribution in [0.25, 0.3) is 0 Å². The van der Waals surface area contributed by atoms with E-state index < -0.39 is 23.1 Å². The molecule has 1 saturated carbocycles. The number of hydrogen-bond donors (Lipinski definition) is 1. The first-order valence-corrected chi connectivity index (χ1v) is 12.2. The maximum absolute atomic E-state index is 12.7. The molecule has 5 aliphatic rings. The molecule has 6 rings (SSSR count). The van der Waals surface area contributed by atoms with Crippen molar-refractivity contribution in [3.63, 3.8) is 0 Å². The van der Waals surface area contributed by atoms with Crippen molar-refractivity contribution in [3.8, 4) is 11.5 Å². The molecular formula is C26H33NO8. The predicted molar refractivity (Wildman–Crippen MR) is 124 cm³/mol. The predicted octanol–water partition coefficient (Wildman–Crippen LogP) is 1.20. The molecule has 9 nitrogen and oxygen atoms in total. The monoisotopic (exact) mass is 487 g/mol. The van der Waals surface area contributed by atoms with Gasteiger partial charge in [-0.3, -0.25) is 4.90 Å². The zero-order chi connectivity index (χ0) is 24.4. The molecule has 2 bridgehead atoms. The number of methoxy groups -OCH3 is 2. The number of likely N-dealkylation sites (N-methyl/N-ethyl adjacent to an activating group) is 1. The second-order valence-corrected chi connectivity index (χ2v) is 10.5. The third kappa shape index (κ3) is 3.02. The summed E-state index contributed by atoms with van der Waals surface area (Å²) in [7, 11) is 5.32. The number of fused-ring (bicyclic) bond motifs is 1. The fourth-order valence-corrected chi connectivity index (χ4v) is 7.82. The number of carbonyl (C=O) groups excluding carboxylic acids is 1. The maximum Gasteiger partial charge on any atom is 0.337 e. The Kier molecular flexibility index (Phi) is 5.43. The topological polar surface area (TPSA) is 95.9 Å². The summed E-state index contributed by atoms with van der Waals surface area (Å²) in [6.07, 6.45) is 3.35. The minimum atomic E-state index is -1.01. The Morgan fingerprint density at radius 3 is 2.77 bits per heavy atom. The van der Waals surface area contributed by atoms with Crippen LogP contribution < -0.4 is 9.47 Å². The lowest BCUT2D eigenvalue weighted by Crippen LogP contribution is -2.70. The highest BCUT2D eigenvalue weighted by Gasteiger charge is 2.82. The lowest BCUT2D eigenvalue weighted by Gasteiger charge is -2.56. The van der Waals surface area contributed by atoms with E-state index in [-0.39, 0.29) is 24.7 Å². The Balaban J connectivity index is 1.25. The van der Waals surface area contributed by atoms with E-state index >= 15 is 0 Å². The van der Waals surface area contributed by atoms with Crippen molar-refractivity contribution < 1.29 is 38.3 Å². The molecule has 1 saturated heterocycles. The van der Waals surface area contributed by atoms with Gasteiger partial charge in [-0.25, -0.2) is 4.79 Å². The number of likely N-dealkylation sites (tertiary alicyclic amines) is 1. The average Bonchev–Trinajstić information content (AvgIpc) is 3.25. The van der Waals surface area contributed by atoms with Crippen molar-refractivity contribution in [2.75, 3.05) is 60.8 Å². The first-order chi connectivity index (χ1) is 16.9. The number of ether oxygens (including phenoxy) is 6. The van der Waals surface area contributed by atoms with Gasteiger partial charge in [-0.1, -0.05) is 6.07 Å². The number of hydrogen-bond acceptors (Lipinski definition) is 9. The van der Waals surface area contributed by atoms with Crippen LogP contribution in [0.3, 0.4) is 0 Å². The Labute approximate surface area is 204 Å². The van der Waals surface area contributed by atoms with Gasteiger partial charge in [-0.05, 0) is 37.6 Å². The molecule has 2 spiro atoms. The summed E-state index contributed by atoms with van der Waals surface area (Å²) in [6, 6.07) is 4.08. The summed E-state index contributed by atoms with van der Waals surface area (Å²) in [6.45, 7) is 2.39. The van der Waals surface area contributed by atoms with Crippen LogP contribution in [-0.4, -0.2) is 94.6 Å². The highest BCUT2D eigenvalue weighted by molar-refractivity contribution is 5.73. The number of nitrogens with zero attached hydrogens (tertiary/aromatic N) is 1. The highest BCUT2D eigenvalue weighted by atomic mass is 16.6. The summed E-state index contributed by atoms with van der Waals surface area (Å²) >= 11 is 0. The van der Waals surface area contributed by atoms with E-state index in [0.29, 0.717) is 43.5 Å². The molecule has 2 heterocycles. The van der Waals surface area contributed by atoms with E-state index in [1.165, 1.54) is 5.56 Å². The van der Waals surface area contributed by atoms with Gasteiger partial charge in [0.05, 0.1) is 44.6 Å². The Morgan fingerprint density at radius 2 is 2.00 bits per heavy atom. The number of carbonyl (C=O) groups is 1. The molecule has 0 radical (unpaired) electrons. The first-order valence-electron chi connectivity index (χ1n) is 12.2. The molecule has 9 heteroatoms. The van der Waals surface area contributed by atoms with Crippen LogP contribution in [-0.2, 0) is 35.6 Å². The maximum atomic E-state index is 12.7. The molecule has 1 N–H and O–H groups in total. The molecule has 3 aliphatic carbocycles. The number of aliphatic hydroxyl groups is 1. The van der Waals surface area contributed by atoms with E-state index in [4.69, 9.17) is 28.4 Å². The molecule has 5 atom stereocenters. The van der Waals surface area contributed by atoms with Crippen molar-refractivity contribution in [3.05, 3.63) is 35.1 Å². The Bertz CT molecular complexity index is 1070. The van der Waals surface area contributed by atoms with E-state index in [9.17, 15) is 9.90 Å². The molecule has 1 unspecified atom stereocenters. The highest BCUT2D eigenvalue weighted by Crippen LogP contribution is 2.75. The van der Waals surface area contributed by atoms with Gasteiger partial charge >= 0.3 is 5.97 Å².